The molecule has 0 aromatic carbocycles. The second kappa shape index (κ2) is 10.1. The monoisotopic (exact) mass is 294 g/mol. The summed E-state index contributed by atoms with van der Waals surface area (Å²) in [5.74, 6) is 1.32. The smallest absolute Gasteiger partial charge is 0.277 e. The SMILES string of the molecule is O=S(=O)(O)SCCCCCCSSOO. The fourth-order valence-electron chi connectivity index (χ4n) is 0.836. The summed E-state index contributed by atoms with van der Waals surface area (Å²) in [6.45, 7) is 0. The van der Waals surface area contributed by atoms with Gasteiger partial charge in [-0.15, -0.1) is 0 Å². The van der Waals surface area contributed by atoms with Crippen molar-refractivity contribution in [2.24, 2.45) is 0 Å². The van der Waals surface area contributed by atoms with Gasteiger partial charge in [0.15, 0.2) is 0 Å². The first-order chi connectivity index (χ1) is 7.06. The van der Waals surface area contributed by atoms with E-state index in [-0.39, 0.29) is 0 Å². The van der Waals surface area contributed by atoms with Crippen LogP contribution in [-0.4, -0.2) is 29.7 Å². The van der Waals surface area contributed by atoms with E-state index in [4.69, 9.17) is 9.81 Å². The van der Waals surface area contributed by atoms with Gasteiger partial charge in [-0.05, 0) is 23.6 Å². The molecule has 0 saturated heterocycles. The molecule has 0 aromatic heterocycles. The van der Waals surface area contributed by atoms with Crippen LogP contribution in [0.4, 0.5) is 0 Å². The summed E-state index contributed by atoms with van der Waals surface area (Å²) in [6.07, 6.45) is 3.72. The van der Waals surface area contributed by atoms with Crippen molar-refractivity contribution in [1.29, 1.82) is 0 Å². The minimum atomic E-state index is -3.86. The maximum atomic E-state index is 10.3. The van der Waals surface area contributed by atoms with Crippen molar-refractivity contribution in [3.63, 3.8) is 0 Å². The largest absolute Gasteiger partial charge is 0.319 e. The number of unbranched alkanes of at least 4 members (excludes halogenated alkanes) is 3. The van der Waals surface area contributed by atoms with Crippen molar-refractivity contribution in [3.05, 3.63) is 0 Å². The summed E-state index contributed by atoms with van der Waals surface area (Å²) < 4.78 is 32.8. The molecular formula is C6H14O5S4. The molecule has 0 atom stereocenters. The first-order valence-corrected chi connectivity index (χ1v) is 9.46. The molecule has 0 saturated carbocycles. The van der Waals surface area contributed by atoms with Crippen LogP contribution in [0.5, 0.6) is 0 Å². The van der Waals surface area contributed by atoms with Gasteiger partial charge in [-0.2, -0.15) is 12.8 Å². The van der Waals surface area contributed by atoms with Crippen molar-refractivity contribution in [2.45, 2.75) is 25.7 Å². The lowest BCUT2D eigenvalue weighted by atomic mass is 10.2. The molecule has 0 fully saturated rings. The topological polar surface area (TPSA) is 83.8 Å². The van der Waals surface area contributed by atoms with Crippen LogP contribution >= 0.6 is 32.7 Å². The standard InChI is InChI=1S/C6H14O5S4/c7-11-14-12-5-3-1-2-4-6-13-15(8,9)10/h7H,1-6H2,(H,8,9,10). The van der Waals surface area contributed by atoms with E-state index in [1.54, 1.807) is 0 Å². The zero-order valence-corrected chi connectivity index (χ0v) is 11.3. The van der Waals surface area contributed by atoms with Gasteiger partial charge in [0.25, 0.3) is 0 Å². The molecule has 5 nitrogen and oxygen atoms in total. The highest BCUT2D eigenvalue weighted by Gasteiger charge is 2.03. The summed E-state index contributed by atoms with van der Waals surface area (Å²) >= 11 is 0.936. The molecule has 0 spiro atoms. The lowest BCUT2D eigenvalue weighted by Gasteiger charge is -1.99. The molecular weight excluding hydrogens is 280 g/mol. The zero-order chi connectivity index (χ0) is 11.6. The van der Waals surface area contributed by atoms with E-state index in [2.05, 4.69) is 4.33 Å². The predicted octanol–water partition coefficient (Wildman–Crippen LogP) is 2.87. The molecule has 9 heteroatoms. The maximum absolute atomic E-state index is 10.3. The molecule has 0 radical (unpaired) electrons. The molecule has 92 valence electrons. The fourth-order valence-corrected chi connectivity index (χ4v) is 3.47. The van der Waals surface area contributed by atoms with Gasteiger partial charge < -0.3 is 0 Å². The second-order valence-corrected chi connectivity index (χ2v) is 8.14. The van der Waals surface area contributed by atoms with Crippen molar-refractivity contribution in [1.82, 2.24) is 0 Å². The van der Waals surface area contributed by atoms with Gasteiger partial charge in [0.05, 0.1) is 0 Å². The molecule has 0 amide bonds. The van der Waals surface area contributed by atoms with Crippen molar-refractivity contribution < 1.29 is 22.6 Å². The quantitative estimate of drug-likeness (QED) is 0.159. The van der Waals surface area contributed by atoms with E-state index in [0.717, 1.165) is 42.5 Å². The molecule has 0 aliphatic rings. The third-order valence-electron chi connectivity index (χ3n) is 1.43. The van der Waals surface area contributed by atoms with Crippen LogP contribution in [0.15, 0.2) is 0 Å². The van der Waals surface area contributed by atoms with Crippen LogP contribution in [0.3, 0.4) is 0 Å². The molecule has 0 aliphatic carbocycles. The molecule has 0 unspecified atom stereocenters. The van der Waals surface area contributed by atoms with Crippen LogP contribution in [-0.2, 0) is 13.5 Å². The molecule has 0 bridgehead atoms. The van der Waals surface area contributed by atoms with E-state index in [0.29, 0.717) is 16.5 Å². The van der Waals surface area contributed by atoms with Gasteiger partial charge in [0, 0.05) is 11.5 Å². The van der Waals surface area contributed by atoms with Gasteiger partial charge in [0.2, 0.25) is 0 Å². The van der Waals surface area contributed by atoms with E-state index in [9.17, 15) is 8.42 Å². The third kappa shape index (κ3) is 14.9. The second-order valence-electron chi connectivity index (χ2n) is 2.63. The minimum absolute atomic E-state index is 0.431. The Labute approximate surface area is 101 Å². The van der Waals surface area contributed by atoms with Gasteiger partial charge >= 0.3 is 9.15 Å². The van der Waals surface area contributed by atoms with E-state index >= 15 is 0 Å². The molecule has 0 aromatic rings. The summed E-state index contributed by atoms with van der Waals surface area (Å²) in [4.78, 5) is 0. The Morgan fingerprint density at radius 2 is 1.67 bits per heavy atom. The third-order valence-corrected chi connectivity index (χ3v) is 5.16. The maximum Gasteiger partial charge on any atom is 0.319 e. The average molecular weight is 294 g/mol. The van der Waals surface area contributed by atoms with Crippen LogP contribution in [0.2, 0.25) is 0 Å². The highest BCUT2D eigenvalue weighted by molar-refractivity contribution is 8.74. The fraction of sp³-hybridized carbons (Fsp3) is 1.00. The summed E-state index contributed by atoms with van der Waals surface area (Å²) in [5.41, 5.74) is 0. The summed E-state index contributed by atoms with van der Waals surface area (Å²) in [7, 11) is -1.87. The van der Waals surface area contributed by atoms with E-state index in [1.165, 1.54) is 10.8 Å². The normalized spacial score (nSPS) is 11.9. The minimum Gasteiger partial charge on any atom is -0.277 e. The summed E-state index contributed by atoms with van der Waals surface area (Å²) in [5, 5.41) is 7.97. The first kappa shape index (κ1) is 15.9. The van der Waals surface area contributed by atoms with Crippen LogP contribution in [0.1, 0.15) is 25.7 Å². The molecule has 2 N–H and O–H groups in total. The van der Waals surface area contributed by atoms with Crippen molar-refractivity contribution in [3.8, 4) is 0 Å². The highest BCUT2D eigenvalue weighted by atomic mass is 33.1. The van der Waals surface area contributed by atoms with Crippen LogP contribution in [0.25, 0.3) is 0 Å². The lowest BCUT2D eigenvalue weighted by Crippen LogP contribution is -1.92. The van der Waals surface area contributed by atoms with Crippen LogP contribution < -0.4 is 0 Å². The van der Waals surface area contributed by atoms with E-state index < -0.39 is 9.15 Å². The Kier molecular flexibility index (Phi) is 10.7. The van der Waals surface area contributed by atoms with Crippen LogP contribution in [0, 0.1) is 0 Å². The number of hydrogen-bond acceptors (Lipinski definition) is 7. The van der Waals surface area contributed by atoms with Crippen molar-refractivity contribution in [2.75, 3.05) is 11.5 Å². The first-order valence-electron chi connectivity index (χ1n) is 4.28. The zero-order valence-electron chi connectivity index (χ0n) is 7.99. The Hall–Kier alpha value is 0.880. The molecule has 0 rings (SSSR count). The number of rotatable bonds is 10. The van der Waals surface area contributed by atoms with Gasteiger partial charge in [-0.25, -0.2) is 5.26 Å². The summed E-state index contributed by atoms with van der Waals surface area (Å²) in [6, 6.07) is 0. The Balaban J connectivity index is 3.06. The average Bonchev–Trinajstić information content (AvgIpc) is 2.14. The van der Waals surface area contributed by atoms with Gasteiger partial charge in [0.1, 0.15) is 11.1 Å². The predicted molar refractivity (Wildman–Crippen MR) is 66.2 cm³/mol. The molecule has 15 heavy (non-hydrogen) atoms. The van der Waals surface area contributed by atoms with Gasteiger partial charge in [-0.3, -0.25) is 4.55 Å². The molecule has 0 heterocycles. The van der Waals surface area contributed by atoms with Crippen molar-refractivity contribution >= 4 is 41.8 Å². The van der Waals surface area contributed by atoms with Gasteiger partial charge in [-0.1, -0.05) is 23.6 Å². The lowest BCUT2D eigenvalue weighted by molar-refractivity contribution is -0.114. The Bertz CT molecular complexity index is 230. The highest BCUT2D eigenvalue weighted by Crippen LogP contribution is 2.22. The van der Waals surface area contributed by atoms with E-state index in [1.807, 2.05) is 0 Å². The Morgan fingerprint density at radius 3 is 2.20 bits per heavy atom. The molecule has 0 aliphatic heterocycles. The number of hydrogen-bond donors (Lipinski definition) is 2. The Morgan fingerprint density at radius 1 is 1.07 bits per heavy atom.